The van der Waals surface area contributed by atoms with Crippen molar-refractivity contribution in [3.8, 4) is 0 Å². The molecule has 2 rings (SSSR count). The van der Waals surface area contributed by atoms with Gasteiger partial charge in [0.05, 0.1) is 6.04 Å². The van der Waals surface area contributed by atoms with Gasteiger partial charge in [-0.25, -0.2) is 0 Å². The smallest absolute Gasteiger partial charge is 0.249 e. The van der Waals surface area contributed by atoms with Crippen LogP contribution in [0.4, 0.5) is 0 Å². The molecule has 0 aliphatic carbocycles. The predicted octanol–water partition coefficient (Wildman–Crippen LogP) is 1.81. The molecule has 8 nitrogen and oxygen atoms in total. The van der Waals surface area contributed by atoms with Crippen molar-refractivity contribution in [3.63, 3.8) is 0 Å². The summed E-state index contributed by atoms with van der Waals surface area (Å²) >= 11 is 1.37. The van der Waals surface area contributed by atoms with Crippen LogP contribution in [0.3, 0.4) is 0 Å². The van der Waals surface area contributed by atoms with Gasteiger partial charge in [0.25, 0.3) is 0 Å². The first-order valence-corrected chi connectivity index (χ1v) is 11.6. The van der Waals surface area contributed by atoms with Crippen LogP contribution in [0.25, 0.3) is 0 Å². The third-order valence-corrected chi connectivity index (χ3v) is 6.11. The first-order valence-electron chi connectivity index (χ1n) is 10.7. The topological polar surface area (TPSA) is 137 Å². The standard InChI is InChI=1S/C21H33N5O3S/c1-2-3-4-5-6-9-18(27)25-17(12-15-11-14(13-30-15)19(22)23)21(29)26-20(28)16-8-7-10-24-16/h11,13,16-17,24H,2-10,12H2,1H3,(H3,22,23)(H,25,27)(H,26,28,29)/t16-,17-/m0/s1. The summed E-state index contributed by atoms with van der Waals surface area (Å²) in [5, 5.41) is 17.6. The second-order valence-corrected chi connectivity index (χ2v) is 8.70. The van der Waals surface area contributed by atoms with Crippen LogP contribution in [-0.4, -0.2) is 42.2 Å². The van der Waals surface area contributed by atoms with Crippen molar-refractivity contribution >= 4 is 34.9 Å². The van der Waals surface area contributed by atoms with Crippen LogP contribution in [0.2, 0.25) is 0 Å². The largest absolute Gasteiger partial charge is 0.384 e. The molecule has 9 heteroatoms. The normalized spacial score (nSPS) is 16.8. The molecule has 3 amide bonds. The maximum atomic E-state index is 12.8. The van der Waals surface area contributed by atoms with Crippen molar-refractivity contribution in [2.45, 2.75) is 76.8 Å². The fraction of sp³-hybridized carbons (Fsp3) is 0.619. The number of amides is 3. The zero-order valence-electron chi connectivity index (χ0n) is 17.6. The highest BCUT2D eigenvalue weighted by atomic mass is 32.1. The van der Waals surface area contributed by atoms with Crippen molar-refractivity contribution in [2.75, 3.05) is 6.54 Å². The average molecular weight is 436 g/mol. The van der Waals surface area contributed by atoms with E-state index in [9.17, 15) is 14.4 Å². The molecule has 1 fully saturated rings. The number of thiophene rings is 1. The highest BCUT2D eigenvalue weighted by Gasteiger charge is 2.28. The van der Waals surface area contributed by atoms with Crippen LogP contribution in [0.5, 0.6) is 0 Å². The fourth-order valence-corrected chi connectivity index (χ4v) is 4.33. The van der Waals surface area contributed by atoms with Gasteiger partial charge in [-0.05, 0) is 31.9 Å². The number of rotatable bonds is 12. The van der Waals surface area contributed by atoms with Gasteiger partial charge in [-0.3, -0.25) is 25.1 Å². The molecule has 6 N–H and O–H groups in total. The van der Waals surface area contributed by atoms with E-state index in [0.717, 1.165) is 49.9 Å². The maximum Gasteiger partial charge on any atom is 0.249 e. The molecule has 1 aliphatic rings. The third-order valence-electron chi connectivity index (χ3n) is 5.15. The molecule has 1 aliphatic heterocycles. The van der Waals surface area contributed by atoms with Crippen LogP contribution < -0.4 is 21.7 Å². The summed E-state index contributed by atoms with van der Waals surface area (Å²) in [5.41, 5.74) is 6.10. The molecule has 2 heterocycles. The molecule has 0 bridgehead atoms. The Bertz CT molecular complexity index is 743. The van der Waals surface area contributed by atoms with E-state index < -0.39 is 11.9 Å². The van der Waals surface area contributed by atoms with Crippen LogP contribution in [0, 0.1) is 5.41 Å². The van der Waals surface area contributed by atoms with Crippen LogP contribution >= 0.6 is 11.3 Å². The van der Waals surface area contributed by atoms with Gasteiger partial charge in [0.2, 0.25) is 17.7 Å². The Balaban J connectivity index is 1.97. The number of nitrogen functional groups attached to an aromatic ring is 1. The lowest BCUT2D eigenvalue weighted by atomic mass is 10.1. The van der Waals surface area contributed by atoms with Gasteiger partial charge in [0.1, 0.15) is 11.9 Å². The summed E-state index contributed by atoms with van der Waals surface area (Å²) in [6.45, 7) is 2.90. The first-order chi connectivity index (χ1) is 14.4. The molecule has 0 aromatic carbocycles. The van der Waals surface area contributed by atoms with E-state index in [1.54, 1.807) is 11.4 Å². The SMILES string of the molecule is CCCCCCCC(=O)N[C@@H](Cc1cc(C(=N)N)cs1)C(=O)NC(=O)[C@@H]1CCCN1. The number of hydrogen-bond donors (Lipinski definition) is 5. The highest BCUT2D eigenvalue weighted by Crippen LogP contribution is 2.17. The minimum Gasteiger partial charge on any atom is -0.384 e. The van der Waals surface area contributed by atoms with Crippen molar-refractivity contribution in [1.29, 1.82) is 5.41 Å². The van der Waals surface area contributed by atoms with Crippen LogP contribution in [0.1, 0.15) is 68.7 Å². The minimum absolute atomic E-state index is 0.0444. The van der Waals surface area contributed by atoms with Gasteiger partial charge in [0.15, 0.2) is 0 Å². The molecule has 30 heavy (non-hydrogen) atoms. The van der Waals surface area contributed by atoms with Crippen LogP contribution in [-0.2, 0) is 20.8 Å². The van der Waals surface area contributed by atoms with Crippen molar-refractivity contribution < 1.29 is 14.4 Å². The van der Waals surface area contributed by atoms with Crippen molar-refractivity contribution in [2.24, 2.45) is 5.73 Å². The van der Waals surface area contributed by atoms with E-state index in [0.29, 0.717) is 18.4 Å². The highest BCUT2D eigenvalue weighted by molar-refractivity contribution is 7.10. The van der Waals surface area contributed by atoms with Crippen molar-refractivity contribution in [1.82, 2.24) is 16.0 Å². The van der Waals surface area contributed by atoms with Crippen molar-refractivity contribution in [3.05, 3.63) is 21.9 Å². The van der Waals surface area contributed by atoms with Gasteiger partial charge >= 0.3 is 0 Å². The van der Waals surface area contributed by atoms with E-state index in [1.165, 1.54) is 11.3 Å². The van der Waals surface area contributed by atoms with Gasteiger partial charge < -0.3 is 16.4 Å². The molecular formula is C21H33N5O3S. The molecular weight excluding hydrogens is 402 g/mol. The Morgan fingerprint density at radius 3 is 2.70 bits per heavy atom. The molecule has 166 valence electrons. The second kappa shape index (κ2) is 12.4. The quantitative estimate of drug-likeness (QED) is 0.194. The minimum atomic E-state index is -0.850. The number of carbonyl (C=O) groups excluding carboxylic acids is 3. The average Bonchev–Trinajstić information content (AvgIpc) is 3.39. The second-order valence-electron chi connectivity index (χ2n) is 7.71. The summed E-state index contributed by atoms with van der Waals surface area (Å²) in [4.78, 5) is 38.3. The number of nitrogens with two attached hydrogens (primary N) is 1. The molecule has 1 saturated heterocycles. The lowest BCUT2D eigenvalue weighted by molar-refractivity contribution is -0.134. The maximum absolute atomic E-state index is 12.8. The van der Waals surface area contributed by atoms with Crippen LogP contribution in [0.15, 0.2) is 11.4 Å². The number of nitrogens with one attached hydrogen (secondary N) is 4. The number of unbranched alkanes of at least 4 members (excludes halogenated alkanes) is 4. The molecule has 2 atom stereocenters. The van der Waals surface area contributed by atoms with Gasteiger partial charge in [-0.15, -0.1) is 11.3 Å². The first kappa shape index (κ1) is 24.0. The Labute approximate surface area is 181 Å². The fourth-order valence-electron chi connectivity index (χ4n) is 3.40. The van der Waals surface area contributed by atoms with E-state index in [4.69, 9.17) is 11.1 Å². The molecule has 0 radical (unpaired) electrons. The Kier molecular flexibility index (Phi) is 9.96. The van der Waals surface area contributed by atoms with E-state index >= 15 is 0 Å². The number of hydrogen-bond acceptors (Lipinski definition) is 6. The van der Waals surface area contributed by atoms with E-state index in [-0.39, 0.29) is 30.1 Å². The molecule has 0 spiro atoms. The Morgan fingerprint density at radius 1 is 1.30 bits per heavy atom. The number of imide groups is 1. The third kappa shape index (κ3) is 7.87. The monoisotopic (exact) mass is 435 g/mol. The summed E-state index contributed by atoms with van der Waals surface area (Å²) in [6.07, 6.45) is 7.34. The molecule has 0 saturated carbocycles. The summed E-state index contributed by atoms with van der Waals surface area (Å²) in [6, 6.07) is 0.525. The molecule has 1 aromatic heterocycles. The summed E-state index contributed by atoms with van der Waals surface area (Å²) in [5.74, 6) is -1.10. The lowest BCUT2D eigenvalue weighted by Crippen LogP contribution is -2.52. The number of amidine groups is 1. The van der Waals surface area contributed by atoms with E-state index in [2.05, 4.69) is 22.9 Å². The number of carbonyl (C=O) groups is 3. The van der Waals surface area contributed by atoms with Gasteiger partial charge in [-0.2, -0.15) is 0 Å². The molecule has 0 unspecified atom stereocenters. The zero-order valence-corrected chi connectivity index (χ0v) is 18.4. The predicted molar refractivity (Wildman–Crippen MR) is 119 cm³/mol. The van der Waals surface area contributed by atoms with E-state index in [1.807, 2.05) is 0 Å². The zero-order chi connectivity index (χ0) is 21.9. The van der Waals surface area contributed by atoms with Gasteiger partial charge in [-0.1, -0.05) is 32.6 Å². The summed E-state index contributed by atoms with van der Waals surface area (Å²) in [7, 11) is 0. The van der Waals surface area contributed by atoms with Gasteiger partial charge in [0, 0.05) is 28.7 Å². The Morgan fingerprint density at radius 2 is 2.07 bits per heavy atom. The molecule has 1 aromatic rings. The summed E-state index contributed by atoms with van der Waals surface area (Å²) < 4.78 is 0. The Hall–Kier alpha value is -2.26. The lowest BCUT2D eigenvalue weighted by Gasteiger charge is -2.19.